The zero-order valence-electron chi connectivity index (χ0n) is 15.4. The fraction of sp³-hybridized carbons (Fsp3) is 0.273. The van der Waals surface area contributed by atoms with Crippen LogP contribution in [-0.4, -0.2) is 32.8 Å². The van der Waals surface area contributed by atoms with E-state index in [1.165, 1.54) is 24.3 Å². The smallest absolute Gasteiger partial charge is 0.295 e. The number of benzene rings is 2. The van der Waals surface area contributed by atoms with Crippen molar-refractivity contribution < 1.29 is 19.8 Å². The Morgan fingerprint density at radius 3 is 2.38 bits per heavy atom. The number of Topliss-reactive ketones (excluding diaryl/α,β-unsaturated/α-hetero) is 1. The molecule has 2 N–H and O–H groups in total. The lowest BCUT2D eigenvalue weighted by Crippen LogP contribution is -2.37. The van der Waals surface area contributed by atoms with Crippen molar-refractivity contribution in [3.05, 3.63) is 69.2 Å². The number of hydrogen-bond acceptors (Lipinski definition) is 4. The first-order valence-corrected chi connectivity index (χ1v) is 10.2. The molecule has 2 aliphatic rings. The van der Waals surface area contributed by atoms with Crippen LogP contribution in [0.5, 0.6) is 5.75 Å². The van der Waals surface area contributed by atoms with Crippen LogP contribution in [0.2, 0.25) is 10.0 Å². The first-order chi connectivity index (χ1) is 13.9. The van der Waals surface area contributed by atoms with Gasteiger partial charge in [-0.15, -0.1) is 0 Å². The molecule has 5 nitrogen and oxygen atoms in total. The summed E-state index contributed by atoms with van der Waals surface area (Å²) in [6.07, 6.45) is 3.56. The number of rotatable bonds is 3. The molecule has 0 radical (unpaired) electrons. The minimum absolute atomic E-state index is 0.00844. The molecular formula is C22H19Cl2NO4. The van der Waals surface area contributed by atoms with Crippen LogP contribution in [0, 0.1) is 0 Å². The number of aliphatic hydroxyl groups excluding tert-OH is 1. The minimum atomic E-state index is -0.778. The fourth-order valence-electron chi connectivity index (χ4n) is 4.23. The van der Waals surface area contributed by atoms with Crippen molar-refractivity contribution in [2.45, 2.75) is 37.8 Å². The number of phenols is 1. The van der Waals surface area contributed by atoms with Crippen molar-refractivity contribution in [2.75, 3.05) is 0 Å². The predicted octanol–water partition coefficient (Wildman–Crippen LogP) is 5.06. The highest BCUT2D eigenvalue weighted by Crippen LogP contribution is 2.44. The molecule has 1 saturated heterocycles. The van der Waals surface area contributed by atoms with E-state index in [-0.39, 0.29) is 28.1 Å². The van der Waals surface area contributed by atoms with Crippen LogP contribution in [0.3, 0.4) is 0 Å². The normalized spacial score (nSPS) is 21.9. The number of likely N-dealkylation sites (tertiary alicyclic amines) is 1. The molecule has 1 heterocycles. The molecule has 2 aromatic carbocycles. The molecular weight excluding hydrogens is 413 g/mol. The molecule has 0 bridgehead atoms. The minimum Gasteiger partial charge on any atom is -0.508 e. The third-order valence-electron chi connectivity index (χ3n) is 5.58. The number of halogens is 2. The number of carbonyl (C=O) groups excluding carboxylic acids is 2. The van der Waals surface area contributed by atoms with Crippen LogP contribution < -0.4 is 0 Å². The lowest BCUT2D eigenvalue weighted by atomic mass is 9.94. The second-order valence-corrected chi connectivity index (χ2v) is 8.18. The Balaban J connectivity index is 1.90. The Morgan fingerprint density at radius 2 is 1.72 bits per heavy atom. The molecule has 0 spiro atoms. The molecule has 1 unspecified atom stereocenters. The molecule has 2 aromatic rings. The molecule has 150 valence electrons. The lowest BCUT2D eigenvalue weighted by molar-refractivity contribution is -0.141. The Labute approximate surface area is 178 Å². The van der Waals surface area contributed by atoms with Crippen molar-refractivity contribution in [1.82, 2.24) is 4.90 Å². The number of aliphatic hydroxyl groups is 1. The third kappa shape index (κ3) is 3.49. The number of amides is 1. The fourth-order valence-corrected chi connectivity index (χ4v) is 4.53. The largest absolute Gasteiger partial charge is 0.508 e. The maximum atomic E-state index is 13.0. The van der Waals surface area contributed by atoms with Crippen molar-refractivity contribution >= 4 is 40.7 Å². The number of ketones is 1. The van der Waals surface area contributed by atoms with Gasteiger partial charge in [0.25, 0.3) is 11.7 Å². The SMILES string of the molecule is O=C1C(=O)N(C2CCCC2)C(c2cccc(O)c2)/C1=C(/O)c1ccc(Cl)c(Cl)c1. The van der Waals surface area contributed by atoms with Gasteiger partial charge in [-0.2, -0.15) is 0 Å². The summed E-state index contributed by atoms with van der Waals surface area (Å²) in [6, 6.07) is 10.1. The lowest BCUT2D eigenvalue weighted by Gasteiger charge is -2.30. The average molecular weight is 432 g/mol. The first-order valence-electron chi connectivity index (χ1n) is 9.43. The van der Waals surface area contributed by atoms with Gasteiger partial charge in [0, 0.05) is 11.6 Å². The summed E-state index contributed by atoms with van der Waals surface area (Å²) in [5.41, 5.74) is 0.859. The van der Waals surface area contributed by atoms with Gasteiger partial charge >= 0.3 is 0 Å². The molecule has 2 fully saturated rings. The molecule has 29 heavy (non-hydrogen) atoms. The number of nitrogens with zero attached hydrogens (tertiary/aromatic N) is 1. The van der Waals surface area contributed by atoms with E-state index in [2.05, 4.69) is 0 Å². The second kappa shape index (κ2) is 7.73. The zero-order valence-corrected chi connectivity index (χ0v) is 17.0. The van der Waals surface area contributed by atoms with Crippen molar-refractivity contribution in [1.29, 1.82) is 0 Å². The molecule has 0 aromatic heterocycles. The molecule has 1 aliphatic heterocycles. The van der Waals surface area contributed by atoms with Gasteiger partial charge in [-0.1, -0.05) is 48.2 Å². The molecule has 4 rings (SSSR count). The van der Waals surface area contributed by atoms with Gasteiger partial charge < -0.3 is 15.1 Å². The van der Waals surface area contributed by atoms with E-state index in [1.807, 2.05) is 0 Å². The maximum absolute atomic E-state index is 13.0. The molecule has 7 heteroatoms. The van der Waals surface area contributed by atoms with E-state index in [1.54, 1.807) is 23.1 Å². The van der Waals surface area contributed by atoms with Crippen LogP contribution >= 0.6 is 23.2 Å². The van der Waals surface area contributed by atoms with E-state index in [4.69, 9.17) is 23.2 Å². The molecule has 1 saturated carbocycles. The number of aromatic hydroxyl groups is 1. The first kappa shape index (κ1) is 19.8. The average Bonchev–Trinajstić information content (AvgIpc) is 3.31. The number of phenolic OH excluding ortho intramolecular Hbond substituents is 1. The van der Waals surface area contributed by atoms with Crippen LogP contribution in [0.15, 0.2) is 48.0 Å². The Hall–Kier alpha value is -2.50. The van der Waals surface area contributed by atoms with Gasteiger partial charge in [0.15, 0.2) is 0 Å². The van der Waals surface area contributed by atoms with Crippen molar-refractivity contribution in [3.8, 4) is 5.75 Å². The Kier molecular flexibility index (Phi) is 5.28. The molecule has 1 atom stereocenters. The van der Waals surface area contributed by atoms with Gasteiger partial charge in [0.2, 0.25) is 0 Å². The van der Waals surface area contributed by atoms with Gasteiger partial charge in [0.1, 0.15) is 11.5 Å². The predicted molar refractivity (Wildman–Crippen MR) is 111 cm³/mol. The van der Waals surface area contributed by atoms with Crippen LogP contribution in [0.1, 0.15) is 42.9 Å². The highest BCUT2D eigenvalue weighted by atomic mass is 35.5. The monoisotopic (exact) mass is 431 g/mol. The number of carbonyl (C=O) groups is 2. The van der Waals surface area contributed by atoms with Gasteiger partial charge in [-0.05, 0) is 48.7 Å². The number of hydrogen-bond donors (Lipinski definition) is 2. The van der Waals surface area contributed by atoms with Crippen LogP contribution in [0.25, 0.3) is 5.76 Å². The van der Waals surface area contributed by atoms with Crippen LogP contribution in [-0.2, 0) is 9.59 Å². The summed E-state index contributed by atoms with van der Waals surface area (Å²) in [5.74, 6) is -1.66. The molecule has 1 aliphatic carbocycles. The Bertz CT molecular complexity index is 1030. The zero-order chi connectivity index (χ0) is 20.7. The Morgan fingerprint density at radius 1 is 1.00 bits per heavy atom. The highest BCUT2D eigenvalue weighted by Gasteiger charge is 2.49. The van der Waals surface area contributed by atoms with Gasteiger partial charge in [0.05, 0.1) is 21.7 Å². The van der Waals surface area contributed by atoms with Crippen LogP contribution in [0.4, 0.5) is 0 Å². The van der Waals surface area contributed by atoms with E-state index in [0.717, 1.165) is 25.7 Å². The van der Waals surface area contributed by atoms with Crippen molar-refractivity contribution in [3.63, 3.8) is 0 Å². The van der Waals surface area contributed by atoms with Crippen molar-refractivity contribution in [2.24, 2.45) is 0 Å². The quantitative estimate of drug-likeness (QED) is 0.404. The summed E-state index contributed by atoms with van der Waals surface area (Å²) < 4.78 is 0. The third-order valence-corrected chi connectivity index (χ3v) is 6.32. The summed E-state index contributed by atoms with van der Waals surface area (Å²) in [6.45, 7) is 0. The van der Waals surface area contributed by atoms with E-state index >= 15 is 0 Å². The summed E-state index contributed by atoms with van der Waals surface area (Å²) in [5, 5.41) is 21.5. The highest BCUT2D eigenvalue weighted by molar-refractivity contribution is 6.47. The van der Waals surface area contributed by atoms with Gasteiger partial charge in [-0.3, -0.25) is 9.59 Å². The topological polar surface area (TPSA) is 77.8 Å². The van der Waals surface area contributed by atoms with E-state index < -0.39 is 17.7 Å². The summed E-state index contributed by atoms with van der Waals surface area (Å²) in [4.78, 5) is 27.5. The standard InChI is InChI=1S/C22H19Cl2NO4/c23-16-9-8-13(11-17(16)24)20(27)18-19(12-4-3-7-15(26)10-12)25(22(29)21(18)28)14-5-1-2-6-14/h3-4,7-11,14,19,26-27H,1-2,5-6H2/b20-18-. The van der Waals surface area contributed by atoms with E-state index in [0.29, 0.717) is 16.1 Å². The summed E-state index contributed by atoms with van der Waals surface area (Å²) in [7, 11) is 0. The molecule has 1 amide bonds. The van der Waals surface area contributed by atoms with E-state index in [9.17, 15) is 19.8 Å². The maximum Gasteiger partial charge on any atom is 0.295 e. The van der Waals surface area contributed by atoms with Gasteiger partial charge in [-0.25, -0.2) is 0 Å². The summed E-state index contributed by atoms with van der Waals surface area (Å²) >= 11 is 12.0. The second-order valence-electron chi connectivity index (χ2n) is 7.37.